The molecule has 7 nitrogen and oxygen atoms in total. The number of amides is 1. The van der Waals surface area contributed by atoms with Crippen LogP contribution in [0.1, 0.15) is 9.80 Å². The van der Waals surface area contributed by atoms with Crippen LogP contribution in [0.4, 0.5) is 0 Å². The fourth-order valence-corrected chi connectivity index (χ4v) is 3.43. The van der Waals surface area contributed by atoms with Crippen molar-refractivity contribution in [2.45, 2.75) is 12.6 Å². The fraction of sp³-hybridized carbons (Fsp3) is 0.143. The molecule has 1 aromatic carbocycles. The van der Waals surface area contributed by atoms with Gasteiger partial charge < -0.3 is 15.0 Å². The Morgan fingerprint density at radius 2 is 2.26 bits per heavy atom. The molecule has 2 heterocycles. The predicted octanol–water partition coefficient (Wildman–Crippen LogP) is 2.14. The largest absolute Gasteiger partial charge is 0.480 e. The van der Waals surface area contributed by atoms with Gasteiger partial charge in [0, 0.05) is 16.9 Å². The van der Waals surface area contributed by atoms with E-state index in [1.807, 2.05) is 12.1 Å². The Labute approximate surface area is 143 Å². The topological polar surface area (TPSA) is 97.1 Å². The van der Waals surface area contributed by atoms with Gasteiger partial charge in [-0.15, -0.1) is 11.3 Å². The van der Waals surface area contributed by atoms with E-state index in [0.717, 1.165) is 9.17 Å². The molecule has 1 atom stereocenters. The Morgan fingerprint density at radius 1 is 1.43 bits per heavy atom. The molecule has 2 aromatic heterocycles. The number of aliphatic carboxylic acids is 1. The van der Waals surface area contributed by atoms with Crippen molar-refractivity contribution in [3.8, 4) is 0 Å². The number of carboxylic acid groups (broad SMARTS) is 1. The molecule has 0 radical (unpaired) electrons. The molecule has 9 heteroatoms. The van der Waals surface area contributed by atoms with Crippen molar-refractivity contribution in [1.29, 1.82) is 0 Å². The first-order valence-electron chi connectivity index (χ1n) is 6.58. The zero-order chi connectivity index (χ0) is 16.4. The first-order valence-corrected chi connectivity index (χ1v) is 8.19. The number of benzene rings is 1. The van der Waals surface area contributed by atoms with Crippen LogP contribution in [0.3, 0.4) is 0 Å². The van der Waals surface area contributed by atoms with E-state index in [-0.39, 0.29) is 11.6 Å². The Hall–Kier alpha value is -2.26. The number of carbonyl (C=O) groups is 2. The van der Waals surface area contributed by atoms with Crippen molar-refractivity contribution in [1.82, 2.24) is 19.9 Å². The van der Waals surface area contributed by atoms with Crippen LogP contribution in [0.2, 0.25) is 0 Å². The number of fused-ring (bicyclic) bond motifs is 1. The molecule has 1 unspecified atom stereocenters. The van der Waals surface area contributed by atoms with Crippen LogP contribution in [-0.2, 0) is 11.3 Å². The zero-order valence-electron chi connectivity index (χ0n) is 11.6. The van der Waals surface area contributed by atoms with Crippen LogP contribution < -0.4 is 5.32 Å². The van der Waals surface area contributed by atoms with Gasteiger partial charge in [-0.1, -0.05) is 15.9 Å². The van der Waals surface area contributed by atoms with Crippen LogP contribution >= 0.6 is 27.3 Å². The smallest absolute Gasteiger partial charge is 0.328 e. The molecule has 118 valence electrons. The van der Waals surface area contributed by atoms with Crippen molar-refractivity contribution in [3.05, 3.63) is 46.4 Å². The molecule has 3 aromatic rings. The Kier molecular flexibility index (Phi) is 4.39. The summed E-state index contributed by atoms with van der Waals surface area (Å²) in [5, 5.41) is 12.0. The Morgan fingerprint density at radius 3 is 2.96 bits per heavy atom. The number of carboxylic acids is 1. The summed E-state index contributed by atoms with van der Waals surface area (Å²) in [6.07, 6.45) is 4.68. The first kappa shape index (κ1) is 15.6. The Bertz CT molecular complexity index is 862. The van der Waals surface area contributed by atoms with Gasteiger partial charge in [-0.3, -0.25) is 4.79 Å². The number of hydrogen-bond acceptors (Lipinski definition) is 5. The third kappa shape index (κ3) is 3.57. The number of halogens is 1. The number of imidazole rings is 1. The molecular formula is C14H11BrN4O3S. The maximum Gasteiger partial charge on any atom is 0.328 e. The van der Waals surface area contributed by atoms with Gasteiger partial charge in [-0.2, -0.15) is 0 Å². The van der Waals surface area contributed by atoms with E-state index in [1.165, 1.54) is 17.7 Å². The second-order valence-corrected chi connectivity index (χ2v) is 6.70. The number of hydrogen-bond donors (Lipinski definition) is 2. The summed E-state index contributed by atoms with van der Waals surface area (Å²) in [6, 6.07) is 4.44. The number of thiazole rings is 1. The standard InChI is InChI=1S/C14H11BrN4O3S/c15-8-1-2-9-11(5-8)23-13(18-9)12(20)17-10(14(21)22)6-19-4-3-16-7-19/h1-5,7,10H,6H2,(H,17,20)(H,21,22). The number of nitrogens with one attached hydrogen (secondary N) is 1. The van der Waals surface area contributed by atoms with E-state index in [4.69, 9.17) is 0 Å². The van der Waals surface area contributed by atoms with Gasteiger partial charge in [-0.05, 0) is 18.2 Å². The summed E-state index contributed by atoms with van der Waals surface area (Å²) in [5.41, 5.74) is 0.699. The minimum Gasteiger partial charge on any atom is -0.480 e. The van der Waals surface area contributed by atoms with Gasteiger partial charge in [-0.25, -0.2) is 14.8 Å². The maximum atomic E-state index is 12.3. The van der Waals surface area contributed by atoms with Crippen molar-refractivity contribution < 1.29 is 14.7 Å². The zero-order valence-corrected chi connectivity index (χ0v) is 14.0. The summed E-state index contributed by atoms with van der Waals surface area (Å²) < 4.78 is 3.34. The number of rotatable bonds is 5. The van der Waals surface area contributed by atoms with Gasteiger partial charge in [0.15, 0.2) is 5.01 Å². The van der Waals surface area contributed by atoms with Gasteiger partial charge >= 0.3 is 5.97 Å². The molecule has 2 N–H and O–H groups in total. The highest BCUT2D eigenvalue weighted by Gasteiger charge is 2.23. The average molecular weight is 395 g/mol. The van der Waals surface area contributed by atoms with Gasteiger partial charge in [0.2, 0.25) is 0 Å². The van der Waals surface area contributed by atoms with Gasteiger partial charge in [0.1, 0.15) is 6.04 Å². The summed E-state index contributed by atoms with van der Waals surface area (Å²) in [6.45, 7) is 0.0948. The molecule has 0 aliphatic heterocycles. The average Bonchev–Trinajstić information content (AvgIpc) is 3.14. The van der Waals surface area contributed by atoms with Crippen LogP contribution in [-0.4, -0.2) is 37.6 Å². The number of aromatic nitrogens is 3. The monoisotopic (exact) mass is 394 g/mol. The van der Waals surface area contributed by atoms with Gasteiger partial charge in [0.25, 0.3) is 5.91 Å². The van der Waals surface area contributed by atoms with E-state index in [1.54, 1.807) is 23.0 Å². The molecular weight excluding hydrogens is 384 g/mol. The molecule has 0 fully saturated rings. The summed E-state index contributed by atoms with van der Waals surface area (Å²) >= 11 is 4.58. The molecule has 0 bridgehead atoms. The molecule has 23 heavy (non-hydrogen) atoms. The van der Waals surface area contributed by atoms with Crippen LogP contribution in [0, 0.1) is 0 Å². The lowest BCUT2D eigenvalue weighted by molar-refractivity contribution is -0.139. The second kappa shape index (κ2) is 6.47. The molecule has 0 saturated heterocycles. The fourth-order valence-electron chi connectivity index (χ4n) is 2.01. The SMILES string of the molecule is O=C(NC(Cn1ccnc1)C(=O)O)c1nc2ccc(Br)cc2s1. The van der Waals surface area contributed by atoms with Crippen LogP contribution in [0.25, 0.3) is 10.2 Å². The highest BCUT2D eigenvalue weighted by Crippen LogP contribution is 2.25. The van der Waals surface area contributed by atoms with Crippen molar-refractivity contribution in [3.63, 3.8) is 0 Å². The molecule has 0 aliphatic rings. The summed E-state index contributed by atoms with van der Waals surface area (Å²) in [7, 11) is 0. The van der Waals surface area contributed by atoms with Crippen molar-refractivity contribution in [2.24, 2.45) is 0 Å². The molecule has 0 spiro atoms. The minimum absolute atomic E-state index is 0.0948. The second-order valence-electron chi connectivity index (χ2n) is 4.75. The third-order valence-electron chi connectivity index (χ3n) is 3.10. The predicted molar refractivity (Wildman–Crippen MR) is 88.4 cm³/mol. The van der Waals surface area contributed by atoms with E-state index in [9.17, 15) is 14.7 Å². The summed E-state index contributed by atoms with van der Waals surface area (Å²) in [4.78, 5) is 31.7. The lowest BCUT2D eigenvalue weighted by atomic mass is 10.3. The van der Waals surface area contributed by atoms with Gasteiger partial charge in [0.05, 0.1) is 23.1 Å². The van der Waals surface area contributed by atoms with Crippen molar-refractivity contribution in [2.75, 3.05) is 0 Å². The molecule has 1 amide bonds. The van der Waals surface area contributed by atoms with Crippen molar-refractivity contribution >= 4 is 49.4 Å². The molecule has 0 saturated carbocycles. The van der Waals surface area contributed by atoms with E-state index < -0.39 is 17.9 Å². The third-order valence-corrected chi connectivity index (χ3v) is 4.61. The normalized spacial score (nSPS) is 12.2. The van der Waals surface area contributed by atoms with E-state index in [0.29, 0.717) is 5.52 Å². The lowest BCUT2D eigenvalue weighted by Crippen LogP contribution is -2.43. The number of carbonyl (C=O) groups excluding carboxylic acids is 1. The lowest BCUT2D eigenvalue weighted by Gasteiger charge is -2.13. The summed E-state index contributed by atoms with van der Waals surface area (Å²) in [5.74, 6) is -1.62. The van der Waals surface area contributed by atoms with E-state index in [2.05, 4.69) is 31.2 Å². The van der Waals surface area contributed by atoms with Crippen LogP contribution in [0.5, 0.6) is 0 Å². The minimum atomic E-state index is -1.11. The van der Waals surface area contributed by atoms with E-state index >= 15 is 0 Å². The molecule has 3 rings (SSSR count). The molecule has 0 aliphatic carbocycles. The highest BCUT2D eigenvalue weighted by atomic mass is 79.9. The number of nitrogens with zero attached hydrogens (tertiary/aromatic N) is 3. The quantitative estimate of drug-likeness (QED) is 0.690. The van der Waals surface area contributed by atoms with Crippen LogP contribution in [0.15, 0.2) is 41.4 Å². The Balaban J connectivity index is 1.78. The maximum absolute atomic E-state index is 12.3. The first-order chi connectivity index (χ1) is 11.0. The highest BCUT2D eigenvalue weighted by molar-refractivity contribution is 9.10.